The minimum absolute atomic E-state index is 0.0246. The average molecular weight is 503 g/mol. The first kappa shape index (κ1) is 23.9. The lowest BCUT2D eigenvalue weighted by Crippen LogP contribution is -2.67. The van der Waals surface area contributed by atoms with E-state index in [1.807, 2.05) is 67.0 Å². The number of H-pyrrole nitrogens is 1. The van der Waals surface area contributed by atoms with E-state index in [0.29, 0.717) is 31.5 Å². The Labute approximate surface area is 211 Å². The maximum Gasteiger partial charge on any atom is 0.286 e. The highest BCUT2D eigenvalue weighted by molar-refractivity contribution is 7.17. The van der Waals surface area contributed by atoms with Gasteiger partial charge in [-0.15, -0.1) is 16.2 Å². The predicted molar refractivity (Wildman–Crippen MR) is 140 cm³/mol. The van der Waals surface area contributed by atoms with E-state index in [4.69, 9.17) is 0 Å². The molecule has 0 radical (unpaired) electrons. The zero-order chi connectivity index (χ0) is 25.3. The molecular formula is C27H26N4O4S. The summed E-state index contributed by atoms with van der Waals surface area (Å²) in [5, 5.41) is 6.29. The lowest BCUT2D eigenvalue weighted by molar-refractivity contribution is -0.149. The van der Waals surface area contributed by atoms with Crippen LogP contribution in [0.25, 0.3) is 21.0 Å². The number of carbonyl (C=O) groups is 3. The van der Waals surface area contributed by atoms with Gasteiger partial charge in [0.15, 0.2) is 0 Å². The highest BCUT2D eigenvalue weighted by Gasteiger charge is 2.51. The topological polar surface area (TPSA) is 103 Å². The molecule has 2 aromatic heterocycles. The summed E-state index contributed by atoms with van der Waals surface area (Å²) in [4.78, 5) is 55.9. The van der Waals surface area contributed by atoms with E-state index in [-0.39, 0.29) is 24.8 Å². The minimum Gasteiger partial charge on any atom is -0.361 e. The summed E-state index contributed by atoms with van der Waals surface area (Å²) in [5.41, 5.74) is 1.53. The molecule has 0 bridgehead atoms. The largest absolute Gasteiger partial charge is 0.361 e. The van der Waals surface area contributed by atoms with Gasteiger partial charge in [-0.05, 0) is 48.9 Å². The zero-order valence-corrected chi connectivity index (χ0v) is 20.7. The highest BCUT2D eigenvalue weighted by atomic mass is 32.1. The van der Waals surface area contributed by atoms with E-state index in [1.54, 1.807) is 9.80 Å². The molecule has 0 aliphatic carbocycles. The van der Waals surface area contributed by atoms with Crippen LogP contribution >= 0.6 is 11.3 Å². The van der Waals surface area contributed by atoms with Crippen LogP contribution in [0, 0.1) is 4.91 Å². The van der Waals surface area contributed by atoms with Gasteiger partial charge in [-0.2, -0.15) is 0 Å². The molecule has 8 nitrogen and oxygen atoms in total. The summed E-state index contributed by atoms with van der Waals surface area (Å²) in [5.74, 6) is -1.05. The van der Waals surface area contributed by atoms with E-state index >= 15 is 0 Å². The molecule has 9 heteroatoms. The number of thiophene rings is 1. The first-order chi connectivity index (χ1) is 17.4. The molecule has 1 aliphatic heterocycles. The Morgan fingerprint density at radius 1 is 1.17 bits per heavy atom. The van der Waals surface area contributed by atoms with Gasteiger partial charge in [-0.1, -0.05) is 30.3 Å². The van der Waals surface area contributed by atoms with Crippen LogP contribution in [0.5, 0.6) is 0 Å². The number of nitroso groups, excluding NO2 is 1. The Bertz CT molecular complexity index is 1470. The molecule has 2 aromatic carbocycles. The monoisotopic (exact) mass is 502 g/mol. The van der Waals surface area contributed by atoms with Crippen molar-refractivity contribution in [2.24, 2.45) is 5.18 Å². The minimum atomic E-state index is -0.983. The van der Waals surface area contributed by atoms with Crippen molar-refractivity contribution in [2.75, 3.05) is 13.1 Å². The smallest absolute Gasteiger partial charge is 0.286 e. The standard InChI is InChI=1S/C27H26N4O4S/c1-27(11-14-31(27)25(33)21-17-36-23-6-3-2-5-20(21)23)26(34)30(13-4-7-24(32)29-35)16-18-8-9-19-10-12-28-22(19)15-18/h2-3,5-6,8-10,12,15,17,28H,4,7,11,13-14,16H2,1H3. The van der Waals surface area contributed by atoms with E-state index in [9.17, 15) is 19.3 Å². The molecule has 1 saturated heterocycles. The van der Waals surface area contributed by atoms with Gasteiger partial charge in [0.1, 0.15) is 5.54 Å². The van der Waals surface area contributed by atoms with Crippen molar-refractivity contribution in [1.82, 2.24) is 14.8 Å². The second-order valence-electron chi connectivity index (χ2n) is 9.34. The molecule has 0 spiro atoms. The number of carbonyl (C=O) groups excluding carboxylic acids is 3. The molecule has 3 heterocycles. The fourth-order valence-corrected chi connectivity index (χ4v) is 5.80. The Morgan fingerprint density at radius 3 is 2.78 bits per heavy atom. The number of fused-ring (bicyclic) bond motifs is 2. The van der Waals surface area contributed by atoms with Gasteiger partial charge in [0, 0.05) is 58.4 Å². The third-order valence-electron chi connectivity index (χ3n) is 7.04. The summed E-state index contributed by atoms with van der Waals surface area (Å²) >= 11 is 1.52. The average Bonchev–Trinajstić information content (AvgIpc) is 3.53. The Hall–Kier alpha value is -3.85. The number of hydrogen-bond acceptors (Lipinski definition) is 5. The van der Waals surface area contributed by atoms with Crippen molar-refractivity contribution in [3.63, 3.8) is 0 Å². The van der Waals surface area contributed by atoms with Crippen molar-refractivity contribution in [2.45, 2.75) is 38.3 Å². The number of amides is 3. The quantitative estimate of drug-likeness (QED) is 0.339. The van der Waals surface area contributed by atoms with Crippen LogP contribution in [0.4, 0.5) is 0 Å². The normalized spacial score (nSPS) is 17.2. The second kappa shape index (κ2) is 9.66. The van der Waals surface area contributed by atoms with Crippen LogP contribution in [0.15, 0.2) is 65.3 Å². The number of aromatic amines is 1. The number of rotatable bonds is 8. The Kier molecular flexibility index (Phi) is 6.40. The number of hydrogen-bond donors (Lipinski definition) is 1. The van der Waals surface area contributed by atoms with Crippen LogP contribution in [0.1, 0.15) is 42.1 Å². The molecule has 1 atom stereocenters. The molecule has 1 unspecified atom stereocenters. The van der Waals surface area contributed by atoms with E-state index < -0.39 is 11.4 Å². The first-order valence-corrected chi connectivity index (χ1v) is 12.8. The van der Waals surface area contributed by atoms with Gasteiger partial charge in [-0.3, -0.25) is 14.4 Å². The number of benzene rings is 2. The second-order valence-corrected chi connectivity index (χ2v) is 10.3. The number of nitrogens with zero attached hydrogens (tertiary/aromatic N) is 3. The molecule has 184 valence electrons. The third kappa shape index (κ3) is 4.30. The summed E-state index contributed by atoms with van der Waals surface area (Å²) in [6.45, 7) is 2.92. The summed E-state index contributed by atoms with van der Waals surface area (Å²) in [7, 11) is 0. The van der Waals surface area contributed by atoms with Crippen molar-refractivity contribution in [3.8, 4) is 0 Å². The van der Waals surface area contributed by atoms with Crippen LogP contribution in [-0.2, 0) is 16.1 Å². The van der Waals surface area contributed by atoms with Gasteiger partial charge >= 0.3 is 0 Å². The van der Waals surface area contributed by atoms with E-state index in [1.165, 1.54) is 11.3 Å². The maximum absolute atomic E-state index is 13.9. The van der Waals surface area contributed by atoms with Gasteiger partial charge in [0.05, 0.1) is 5.56 Å². The lowest BCUT2D eigenvalue weighted by Gasteiger charge is -2.51. The van der Waals surface area contributed by atoms with E-state index in [2.05, 4.69) is 10.2 Å². The first-order valence-electron chi connectivity index (χ1n) is 11.9. The molecule has 1 aliphatic rings. The van der Waals surface area contributed by atoms with Crippen LogP contribution in [0.2, 0.25) is 0 Å². The van der Waals surface area contributed by atoms with Gasteiger partial charge < -0.3 is 14.8 Å². The highest BCUT2D eigenvalue weighted by Crippen LogP contribution is 2.37. The van der Waals surface area contributed by atoms with Crippen molar-refractivity contribution < 1.29 is 14.4 Å². The SMILES string of the molecule is CC1(C(=O)N(CCCC(=O)N=O)Cc2ccc3cc[nH]c3c2)CCN1C(=O)c1csc2ccccc12. The van der Waals surface area contributed by atoms with Crippen LogP contribution in [-0.4, -0.2) is 51.1 Å². The molecule has 5 rings (SSSR count). The Morgan fingerprint density at radius 2 is 2.00 bits per heavy atom. The molecule has 3 amide bonds. The molecule has 1 N–H and O–H groups in total. The number of likely N-dealkylation sites (tertiary alicyclic amines) is 1. The molecule has 36 heavy (non-hydrogen) atoms. The Balaban J connectivity index is 1.39. The predicted octanol–water partition coefficient (Wildman–Crippen LogP) is 5.09. The number of aromatic nitrogens is 1. The van der Waals surface area contributed by atoms with Crippen molar-refractivity contribution in [3.05, 3.63) is 76.1 Å². The molecule has 1 fully saturated rings. The third-order valence-corrected chi connectivity index (χ3v) is 8.00. The van der Waals surface area contributed by atoms with Crippen molar-refractivity contribution in [1.29, 1.82) is 0 Å². The summed E-state index contributed by atoms with van der Waals surface area (Å²) < 4.78 is 1.03. The number of nitrogens with one attached hydrogen (secondary N) is 1. The maximum atomic E-state index is 13.9. The summed E-state index contributed by atoms with van der Waals surface area (Å²) in [6.07, 6.45) is 2.71. The molecule has 0 saturated carbocycles. The lowest BCUT2D eigenvalue weighted by atomic mass is 9.84. The molecular weight excluding hydrogens is 476 g/mol. The van der Waals surface area contributed by atoms with Crippen LogP contribution in [0.3, 0.4) is 0 Å². The van der Waals surface area contributed by atoms with Crippen molar-refractivity contribution >= 4 is 50.0 Å². The summed E-state index contributed by atoms with van der Waals surface area (Å²) in [6, 6.07) is 15.7. The van der Waals surface area contributed by atoms with E-state index in [0.717, 1.165) is 26.6 Å². The van der Waals surface area contributed by atoms with Gasteiger partial charge in [0.25, 0.3) is 11.8 Å². The molecule has 4 aromatic rings. The fourth-order valence-electron chi connectivity index (χ4n) is 4.87. The van der Waals surface area contributed by atoms with Gasteiger partial charge in [-0.25, -0.2) is 0 Å². The van der Waals surface area contributed by atoms with Crippen LogP contribution < -0.4 is 0 Å². The van der Waals surface area contributed by atoms with Gasteiger partial charge in [0.2, 0.25) is 5.91 Å². The fraction of sp³-hybridized carbons (Fsp3) is 0.296. The zero-order valence-electron chi connectivity index (χ0n) is 19.9.